The van der Waals surface area contributed by atoms with Crippen molar-refractivity contribution < 1.29 is 4.79 Å². The molecule has 0 aliphatic heterocycles. The first kappa shape index (κ1) is 16.8. The SMILES string of the molecule is CSc1ccccc1C(=O)Nc1nc(-c2cccc3ccccc23)cs1. The second kappa shape index (κ2) is 7.32. The van der Waals surface area contributed by atoms with Crippen LogP contribution in [-0.4, -0.2) is 17.1 Å². The molecule has 0 atom stereocenters. The van der Waals surface area contributed by atoms with Crippen molar-refractivity contribution in [3.63, 3.8) is 0 Å². The second-order valence-corrected chi connectivity index (χ2v) is 7.43. The molecule has 1 heterocycles. The molecule has 1 aromatic heterocycles. The van der Waals surface area contributed by atoms with Crippen LogP contribution in [0.2, 0.25) is 0 Å². The number of benzene rings is 3. The van der Waals surface area contributed by atoms with Crippen molar-refractivity contribution in [1.29, 1.82) is 0 Å². The smallest absolute Gasteiger partial charge is 0.258 e. The van der Waals surface area contributed by atoms with E-state index in [1.165, 1.54) is 16.7 Å². The third-order valence-corrected chi connectivity index (χ3v) is 5.70. The van der Waals surface area contributed by atoms with E-state index in [0.29, 0.717) is 10.7 Å². The summed E-state index contributed by atoms with van der Waals surface area (Å²) >= 11 is 3.00. The van der Waals surface area contributed by atoms with Gasteiger partial charge in [-0.2, -0.15) is 0 Å². The predicted molar refractivity (Wildman–Crippen MR) is 111 cm³/mol. The minimum atomic E-state index is -0.131. The quantitative estimate of drug-likeness (QED) is 0.448. The molecule has 3 aromatic carbocycles. The van der Waals surface area contributed by atoms with Crippen molar-refractivity contribution in [2.45, 2.75) is 4.90 Å². The van der Waals surface area contributed by atoms with Gasteiger partial charge in [0.2, 0.25) is 0 Å². The summed E-state index contributed by atoms with van der Waals surface area (Å²) in [6.07, 6.45) is 1.97. The normalized spacial score (nSPS) is 10.8. The number of aromatic nitrogens is 1. The summed E-state index contributed by atoms with van der Waals surface area (Å²) in [7, 11) is 0. The van der Waals surface area contributed by atoms with Crippen LogP contribution < -0.4 is 5.32 Å². The Morgan fingerprint density at radius 2 is 1.77 bits per heavy atom. The molecule has 0 radical (unpaired) electrons. The van der Waals surface area contributed by atoms with E-state index in [9.17, 15) is 4.79 Å². The highest BCUT2D eigenvalue weighted by molar-refractivity contribution is 7.98. The van der Waals surface area contributed by atoms with Gasteiger partial charge < -0.3 is 0 Å². The van der Waals surface area contributed by atoms with Gasteiger partial charge in [0.25, 0.3) is 5.91 Å². The Balaban J connectivity index is 1.63. The third-order valence-electron chi connectivity index (χ3n) is 4.14. The van der Waals surface area contributed by atoms with Crippen LogP contribution in [0, 0.1) is 0 Å². The van der Waals surface area contributed by atoms with E-state index < -0.39 is 0 Å². The van der Waals surface area contributed by atoms with Gasteiger partial charge in [0.15, 0.2) is 5.13 Å². The lowest BCUT2D eigenvalue weighted by Gasteiger charge is -2.06. The molecule has 3 nitrogen and oxygen atoms in total. The van der Waals surface area contributed by atoms with Gasteiger partial charge in [-0.05, 0) is 29.2 Å². The number of fused-ring (bicyclic) bond motifs is 1. The summed E-state index contributed by atoms with van der Waals surface area (Å²) in [6.45, 7) is 0. The molecular formula is C21H16N2OS2. The summed E-state index contributed by atoms with van der Waals surface area (Å²) < 4.78 is 0. The van der Waals surface area contributed by atoms with Crippen LogP contribution in [-0.2, 0) is 0 Å². The molecule has 0 saturated carbocycles. The largest absolute Gasteiger partial charge is 0.298 e. The van der Waals surface area contributed by atoms with E-state index in [-0.39, 0.29) is 5.91 Å². The molecule has 0 fully saturated rings. The van der Waals surface area contributed by atoms with Crippen molar-refractivity contribution in [2.75, 3.05) is 11.6 Å². The Hall–Kier alpha value is -2.63. The molecule has 128 valence electrons. The van der Waals surface area contributed by atoms with E-state index in [4.69, 9.17) is 0 Å². The number of thiazole rings is 1. The Labute approximate surface area is 160 Å². The lowest BCUT2D eigenvalue weighted by Crippen LogP contribution is -2.12. The molecule has 0 bridgehead atoms. The van der Waals surface area contributed by atoms with Crippen molar-refractivity contribution in [2.24, 2.45) is 0 Å². The number of amides is 1. The van der Waals surface area contributed by atoms with Gasteiger partial charge in [-0.15, -0.1) is 23.1 Å². The first-order chi connectivity index (χ1) is 12.8. The van der Waals surface area contributed by atoms with Crippen LogP contribution in [0.4, 0.5) is 5.13 Å². The van der Waals surface area contributed by atoms with Crippen LogP contribution in [0.15, 0.2) is 77.0 Å². The minimum Gasteiger partial charge on any atom is -0.298 e. The molecule has 0 saturated heterocycles. The Morgan fingerprint density at radius 3 is 2.65 bits per heavy atom. The zero-order valence-electron chi connectivity index (χ0n) is 14.1. The maximum absolute atomic E-state index is 12.6. The molecule has 26 heavy (non-hydrogen) atoms. The summed E-state index contributed by atoms with van der Waals surface area (Å²) in [4.78, 5) is 18.2. The molecule has 0 aliphatic carbocycles. The summed E-state index contributed by atoms with van der Waals surface area (Å²) in [5, 5.41) is 7.85. The van der Waals surface area contributed by atoms with Crippen LogP contribution >= 0.6 is 23.1 Å². The van der Waals surface area contributed by atoms with Crippen LogP contribution in [0.25, 0.3) is 22.0 Å². The summed E-state index contributed by atoms with van der Waals surface area (Å²) in [5.41, 5.74) is 2.62. The topological polar surface area (TPSA) is 42.0 Å². The number of anilines is 1. The number of hydrogen-bond donors (Lipinski definition) is 1. The first-order valence-electron chi connectivity index (χ1n) is 8.14. The Morgan fingerprint density at radius 1 is 1.00 bits per heavy atom. The number of rotatable bonds is 4. The maximum Gasteiger partial charge on any atom is 0.258 e. The standard InChI is InChI=1S/C21H16N2OS2/c1-25-19-12-5-4-10-17(19)20(24)23-21-22-18(13-26-21)16-11-6-8-14-7-2-3-9-15(14)16/h2-13H,1H3,(H,22,23,24). The Bertz CT molecular complexity index is 1080. The highest BCUT2D eigenvalue weighted by Gasteiger charge is 2.13. The van der Waals surface area contributed by atoms with E-state index in [2.05, 4.69) is 34.6 Å². The molecule has 0 spiro atoms. The maximum atomic E-state index is 12.6. The van der Waals surface area contributed by atoms with Gasteiger partial charge >= 0.3 is 0 Å². The lowest BCUT2D eigenvalue weighted by molar-refractivity contribution is 0.102. The summed E-state index contributed by atoms with van der Waals surface area (Å²) in [6, 6.07) is 22.0. The average molecular weight is 377 g/mol. The fourth-order valence-electron chi connectivity index (χ4n) is 2.90. The van der Waals surface area contributed by atoms with E-state index in [0.717, 1.165) is 21.5 Å². The first-order valence-corrected chi connectivity index (χ1v) is 10.2. The van der Waals surface area contributed by atoms with Gasteiger partial charge in [0.05, 0.1) is 11.3 Å². The highest BCUT2D eigenvalue weighted by Crippen LogP contribution is 2.31. The highest BCUT2D eigenvalue weighted by atomic mass is 32.2. The number of nitrogens with one attached hydrogen (secondary N) is 1. The predicted octanol–water partition coefficient (Wildman–Crippen LogP) is 5.94. The zero-order valence-corrected chi connectivity index (χ0v) is 15.7. The summed E-state index contributed by atoms with van der Waals surface area (Å²) in [5.74, 6) is -0.131. The van der Waals surface area contributed by atoms with E-state index in [1.54, 1.807) is 11.8 Å². The zero-order chi connectivity index (χ0) is 17.9. The lowest BCUT2D eigenvalue weighted by atomic mass is 10.0. The van der Waals surface area contributed by atoms with Gasteiger partial charge in [-0.3, -0.25) is 10.1 Å². The monoisotopic (exact) mass is 376 g/mol. The fraction of sp³-hybridized carbons (Fsp3) is 0.0476. The van der Waals surface area contributed by atoms with Crippen LogP contribution in [0.5, 0.6) is 0 Å². The number of thioether (sulfide) groups is 1. The molecule has 4 aromatic rings. The number of carbonyl (C=O) groups is 1. The van der Waals surface area contributed by atoms with E-state index >= 15 is 0 Å². The number of carbonyl (C=O) groups excluding carboxylic acids is 1. The molecular weight excluding hydrogens is 360 g/mol. The molecule has 1 N–H and O–H groups in total. The van der Waals surface area contributed by atoms with Gasteiger partial charge in [0.1, 0.15) is 0 Å². The molecule has 1 amide bonds. The third kappa shape index (κ3) is 3.23. The number of nitrogens with zero attached hydrogens (tertiary/aromatic N) is 1. The average Bonchev–Trinajstić information content (AvgIpc) is 3.15. The molecule has 0 aliphatic rings. The van der Waals surface area contributed by atoms with E-state index in [1.807, 2.05) is 54.1 Å². The van der Waals surface area contributed by atoms with Crippen LogP contribution in [0.1, 0.15) is 10.4 Å². The fourth-order valence-corrected chi connectivity index (χ4v) is 4.20. The number of hydrogen-bond acceptors (Lipinski definition) is 4. The van der Waals surface area contributed by atoms with Gasteiger partial charge in [-0.1, -0.05) is 54.6 Å². The molecule has 5 heteroatoms. The second-order valence-electron chi connectivity index (χ2n) is 5.72. The van der Waals surface area contributed by atoms with Gasteiger partial charge in [-0.25, -0.2) is 4.98 Å². The minimum absolute atomic E-state index is 0.131. The van der Waals surface area contributed by atoms with Crippen molar-refractivity contribution in [3.05, 3.63) is 77.7 Å². The van der Waals surface area contributed by atoms with Crippen molar-refractivity contribution in [3.8, 4) is 11.3 Å². The van der Waals surface area contributed by atoms with Crippen LogP contribution in [0.3, 0.4) is 0 Å². The Kier molecular flexibility index (Phi) is 4.73. The molecule has 0 unspecified atom stereocenters. The van der Waals surface area contributed by atoms with Gasteiger partial charge in [0, 0.05) is 15.8 Å². The van der Waals surface area contributed by atoms with Crippen molar-refractivity contribution in [1.82, 2.24) is 4.98 Å². The molecule has 4 rings (SSSR count). The van der Waals surface area contributed by atoms with Crippen molar-refractivity contribution >= 4 is 44.9 Å².